The van der Waals surface area contributed by atoms with E-state index in [1.165, 1.54) is 0 Å². The largest absolute Gasteiger partial charge is 0.478 e. The van der Waals surface area contributed by atoms with Crippen LogP contribution in [0.2, 0.25) is 0 Å². The van der Waals surface area contributed by atoms with Crippen LogP contribution in [0, 0.1) is 5.92 Å². The summed E-state index contributed by atoms with van der Waals surface area (Å²) in [7, 11) is 0. The molecule has 19 heavy (non-hydrogen) atoms. The van der Waals surface area contributed by atoms with Crippen molar-refractivity contribution in [2.45, 2.75) is 20.0 Å². The van der Waals surface area contributed by atoms with Crippen molar-refractivity contribution in [1.29, 1.82) is 0 Å². The summed E-state index contributed by atoms with van der Waals surface area (Å²) < 4.78 is 6.58. The fraction of sp³-hybridized carbons (Fsp3) is 0.267. The van der Waals surface area contributed by atoms with Gasteiger partial charge in [-0.05, 0) is 35.0 Å². The smallest absolute Gasteiger partial charge is 0.345 e. The predicted octanol–water partition coefficient (Wildman–Crippen LogP) is 4.09. The number of carboxylic acids is 1. The first-order valence-electron chi connectivity index (χ1n) is 6.06. The summed E-state index contributed by atoms with van der Waals surface area (Å²) in [4.78, 5) is 11.1. The first-order chi connectivity index (χ1) is 8.97. The molecule has 0 heterocycles. The molecule has 0 aromatic heterocycles. The monoisotopic (exact) mass is 322 g/mol. The van der Waals surface area contributed by atoms with Gasteiger partial charge in [0.05, 0.1) is 0 Å². The zero-order valence-corrected chi connectivity index (χ0v) is 12.3. The quantitative estimate of drug-likeness (QED) is 0.922. The Kier molecular flexibility index (Phi) is 4.10. The Hall–Kier alpha value is -1.55. The Labute approximate surface area is 120 Å². The first kappa shape index (κ1) is 13.9. The SMILES string of the molecule is CC(C)C(Oc1ccc2cc(Br)ccc2c1)C(=O)O. The number of aliphatic carboxylic acids is 1. The molecule has 0 aliphatic heterocycles. The Bertz CT molecular complexity index is 607. The summed E-state index contributed by atoms with van der Waals surface area (Å²) in [5.41, 5.74) is 0. The standard InChI is InChI=1S/C15H15BrO3/c1-9(2)14(15(17)18)19-13-6-4-10-7-12(16)5-3-11(10)8-13/h3-9,14H,1-2H3,(H,17,18). The zero-order valence-electron chi connectivity index (χ0n) is 10.8. The minimum atomic E-state index is -0.939. The van der Waals surface area contributed by atoms with E-state index in [0.717, 1.165) is 15.2 Å². The van der Waals surface area contributed by atoms with E-state index in [9.17, 15) is 4.79 Å². The molecule has 2 rings (SSSR count). The van der Waals surface area contributed by atoms with Gasteiger partial charge in [-0.1, -0.05) is 41.9 Å². The third kappa shape index (κ3) is 3.26. The van der Waals surface area contributed by atoms with Crippen LogP contribution >= 0.6 is 15.9 Å². The molecule has 0 amide bonds. The van der Waals surface area contributed by atoms with Gasteiger partial charge >= 0.3 is 5.97 Å². The summed E-state index contributed by atoms with van der Waals surface area (Å²) in [5, 5.41) is 11.2. The molecule has 0 aliphatic rings. The molecule has 1 atom stereocenters. The molecule has 0 aliphatic carbocycles. The minimum absolute atomic E-state index is 0.0851. The van der Waals surface area contributed by atoms with Gasteiger partial charge in [0.25, 0.3) is 0 Å². The number of rotatable bonds is 4. The molecule has 0 saturated carbocycles. The van der Waals surface area contributed by atoms with Gasteiger partial charge in [0.15, 0.2) is 6.10 Å². The maximum absolute atomic E-state index is 11.1. The van der Waals surface area contributed by atoms with Gasteiger partial charge < -0.3 is 9.84 Å². The molecule has 0 fully saturated rings. The van der Waals surface area contributed by atoms with Gasteiger partial charge in [0, 0.05) is 10.4 Å². The van der Waals surface area contributed by atoms with E-state index >= 15 is 0 Å². The number of halogens is 1. The molecule has 100 valence electrons. The second kappa shape index (κ2) is 5.61. The molecule has 0 bridgehead atoms. The highest BCUT2D eigenvalue weighted by Crippen LogP contribution is 2.25. The lowest BCUT2D eigenvalue weighted by Crippen LogP contribution is -2.32. The predicted molar refractivity (Wildman–Crippen MR) is 78.5 cm³/mol. The molecule has 0 saturated heterocycles. The van der Waals surface area contributed by atoms with Crippen LogP contribution in [0.1, 0.15) is 13.8 Å². The van der Waals surface area contributed by atoms with E-state index in [1.807, 2.05) is 44.2 Å². The van der Waals surface area contributed by atoms with Gasteiger partial charge in [-0.3, -0.25) is 0 Å². The number of carboxylic acid groups (broad SMARTS) is 1. The summed E-state index contributed by atoms with van der Waals surface area (Å²) in [5.74, 6) is -0.444. The van der Waals surface area contributed by atoms with E-state index < -0.39 is 12.1 Å². The number of benzene rings is 2. The lowest BCUT2D eigenvalue weighted by atomic mass is 10.1. The van der Waals surface area contributed by atoms with Crippen LogP contribution < -0.4 is 4.74 Å². The number of carbonyl (C=O) groups is 1. The molecule has 3 nitrogen and oxygen atoms in total. The average molecular weight is 323 g/mol. The van der Waals surface area contributed by atoms with Crippen molar-refractivity contribution in [2.24, 2.45) is 5.92 Å². The van der Waals surface area contributed by atoms with Crippen molar-refractivity contribution in [2.75, 3.05) is 0 Å². The van der Waals surface area contributed by atoms with E-state index in [1.54, 1.807) is 6.07 Å². The van der Waals surface area contributed by atoms with Gasteiger partial charge in [-0.2, -0.15) is 0 Å². The molecule has 1 N–H and O–H groups in total. The molecule has 0 spiro atoms. The van der Waals surface area contributed by atoms with Gasteiger partial charge in [0.2, 0.25) is 0 Å². The van der Waals surface area contributed by atoms with Crippen LogP contribution in [0.25, 0.3) is 10.8 Å². The Balaban J connectivity index is 2.31. The summed E-state index contributed by atoms with van der Waals surface area (Å²) in [6, 6.07) is 11.5. The average Bonchev–Trinajstić information content (AvgIpc) is 2.35. The molecular formula is C15H15BrO3. The first-order valence-corrected chi connectivity index (χ1v) is 6.85. The van der Waals surface area contributed by atoms with E-state index in [2.05, 4.69) is 15.9 Å². The van der Waals surface area contributed by atoms with E-state index in [4.69, 9.17) is 9.84 Å². The van der Waals surface area contributed by atoms with Gasteiger partial charge in [0.1, 0.15) is 5.75 Å². The van der Waals surface area contributed by atoms with Crippen molar-refractivity contribution < 1.29 is 14.6 Å². The molecular weight excluding hydrogens is 308 g/mol. The molecule has 0 radical (unpaired) electrons. The van der Waals surface area contributed by atoms with E-state index in [-0.39, 0.29) is 5.92 Å². The van der Waals surface area contributed by atoms with Crippen LogP contribution in [-0.4, -0.2) is 17.2 Å². The third-order valence-corrected chi connectivity index (χ3v) is 3.38. The second-order valence-corrected chi connectivity index (χ2v) is 5.69. The van der Waals surface area contributed by atoms with Crippen LogP contribution in [-0.2, 0) is 4.79 Å². The normalized spacial score (nSPS) is 12.6. The Morgan fingerprint density at radius 3 is 2.42 bits per heavy atom. The Morgan fingerprint density at radius 1 is 1.16 bits per heavy atom. The fourth-order valence-corrected chi connectivity index (χ4v) is 2.27. The summed E-state index contributed by atoms with van der Waals surface area (Å²) >= 11 is 3.42. The van der Waals surface area contributed by atoms with Crippen LogP contribution in [0.5, 0.6) is 5.75 Å². The van der Waals surface area contributed by atoms with Crippen molar-refractivity contribution >= 4 is 32.7 Å². The fourth-order valence-electron chi connectivity index (χ4n) is 1.89. The van der Waals surface area contributed by atoms with Gasteiger partial charge in [-0.15, -0.1) is 0 Å². The summed E-state index contributed by atoms with van der Waals surface area (Å²) in [6.45, 7) is 3.66. The topological polar surface area (TPSA) is 46.5 Å². The number of hydrogen-bond acceptors (Lipinski definition) is 2. The lowest BCUT2D eigenvalue weighted by molar-refractivity contribution is -0.147. The Morgan fingerprint density at radius 2 is 1.79 bits per heavy atom. The highest BCUT2D eigenvalue weighted by molar-refractivity contribution is 9.10. The number of hydrogen-bond donors (Lipinski definition) is 1. The van der Waals surface area contributed by atoms with Crippen molar-refractivity contribution in [3.63, 3.8) is 0 Å². The number of ether oxygens (including phenoxy) is 1. The molecule has 2 aromatic carbocycles. The van der Waals surface area contributed by atoms with E-state index in [0.29, 0.717) is 5.75 Å². The van der Waals surface area contributed by atoms with Crippen molar-refractivity contribution in [3.8, 4) is 5.75 Å². The zero-order chi connectivity index (χ0) is 14.0. The van der Waals surface area contributed by atoms with Crippen molar-refractivity contribution in [3.05, 3.63) is 40.9 Å². The van der Waals surface area contributed by atoms with Crippen molar-refractivity contribution in [1.82, 2.24) is 0 Å². The second-order valence-electron chi connectivity index (χ2n) is 4.77. The molecule has 2 aromatic rings. The van der Waals surface area contributed by atoms with Crippen LogP contribution in [0.3, 0.4) is 0 Å². The van der Waals surface area contributed by atoms with Gasteiger partial charge in [-0.25, -0.2) is 4.79 Å². The van der Waals surface area contributed by atoms with Crippen LogP contribution in [0.15, 0.2) is 40.9 Å². The molecule has 4 heteroatoms. The highest BCUT2D eigenvalue weighted by Gasteiger charge is 2.23. The maximum atomic E-state index is 11.1. The minimum Gasteiger partial charge on any atom is -0.478 e. The lowest BCUT2D eigenvalue weighted by Gasteiger charge is -2.18. The molecule has 1 unspecified atom stereocenters. The third-order valence-electron chi connectivity index (χ3n) is 2.89. The maximum Gasteiger partial charge on any atom is 0.345 e. The number of fused-ring (bicyclic) bond motifs is 1. The highest BCUT2D eigenvalue weighted by atomic mass is 79.9. The summed E-state index contributed by atoms with van der Waals surface area (Å²) in [6.07, 6.45) is -0.826. The van der Waals surface area contributed by atoms with Crippen LogP contribution in [0.4, 0.5) is 0 Å².